The number of hydrogen-bond acceptors (Lipinski definition) is 7. The van der Waals surface area contributed by atoms with Crippen molar-refractivity contribution in [2.24, 2.45) is 0 Å². The number of ether oxygens (including phenoxy) is 1. The highest BCUT2D eigenvalue weighted by atomic mass is 35.5. The van der Waals surface area contributed by atoms with Crippen molar-refractivity contribution in [3.8, 4) is 11.4 Å². The number of hydrogen-bond donors (Lipinski definition) is 1. The van der Waals surface area contributed by atoms with Crippen LogP contribution in [0.5, 0.6) is 0 Å². The Bertz CT molecular complexity index is 1290. The summed E-state index contributed by atoms with van der Waals surface area (Å²) in [6.45, 7) is 7.11. The topological polar surface area (TPSA) is 106 Å². The van der Waals surface area contributed by atoms with Crippen LogP contribution in [0.15, 0.2) is 58.6 Å². The van der Waals surface area contributed by atoms with E-state index < -0.39 is 10.0 Å². The molecule has 3 rings (SSSR count). The summed E-state index contributed by atoms with van der Waals surface area (Å²) in [5.41, 5.74) is 1.56. The molecule has 0 aliphatic rings. The average molecular weight is 566 g/mol. The Morgan fingerprint density at radius 1 is 1.16 bits per heavy atom. The van der Waals surface area contributed by atoms with Gasteiger partial charge < -0.3 is 10.1 Å². The number of benzene rings is 2. The summed E-state index contributed by atoms with van der Waals surface area (Å²) in [5.74, 6) is 0.495. The van der Waals surface area contributed by atoms with E-state index in [4.69, 9.17) is 16.3 Å². The highest BCUT2D eigenvalue weighted by molar-refractivity contribution is 7.99. The van der Waals surface area contributed by atoms with Crippen molar-refractivity contribution in [1.29, 1.82) is 0 Å². The molecule has 12 heteroatoms. The molecule has 0 unspecified atom stereocenters. The number of methoxy groups -OCH3 is 1. The Morgan fingerprint density at radius 2 is 1.86 bits per heavy atom. The zero-order chi connectivity index (χ0) is 27.0. The lowest BCUT2D eigenvalue weighted by Gasteiger charge is -2.20. The molecule has 1 heterocycles. The molecule has 0 aliphatic heterocycles. The van der Waals surface area contributed by atoms with Crippen molar-refractivity contribution in [3.05, 3.63) is 59.1 Å². The van der Waals surface area contributed by atoms with Crippen molar-refractivity contribution >= 4 is 39.3 Å². The Morgan fingerprint density at radius 3 is 2.51 bits per heavy atom. The van der Waals surface area contributed by atoms with Crippen molar-refractivity contribution < 1.29 is 17.9 Å². The smallest absolute Gasteiger partial charge is 0.243 e. The first-order valence-electron chi connectivity index (χ1n) is 11.9. The van der Waals surface area contributed by atoms with E-state index in [1.165, 1.54) is 16.1 Å². The fourth-order valence-electron chi connectivity index (χ4n) is 3.78. The maximum Gasteiger partial charge on any atom is 0.243 e. The van der Waals surface area contributed by atoms with E-state index in [1.807, 2.05) is 37.5 Å². The van der Waals surface area contributed by atoms with Crippen LogP contribution in [0.1, 0.15) is 32.4 Å². The fourth-order valence-corrected chi connectivity index (χ4v) is 6.27. The van der Waals surface area contributed by atoms with Gasteiger partial charge in [-0.3, -0.25) is 9.36 Å². The lowest BCUT2D eigenvalue weighted by molar-refractivity contribution is -0.118. The molecule has 1 aromatic heterocycles. The number of halogens is 1. The highest BCUT2D eigenvalue weighted by Gasteiger charge is 2.24. The first-order valence-corrected chi connectivity index (χ1v) is 14.7. The minimum atomic E-state index is -3.64. The van der Waals surface area contributed by atoms with Gasteiger partial charge in [0.25, 0.3) is 0 Å². The minimum Gasteiger partial charge on any atom is -0.383 e. The molecule has 0 saturated heterocycles. The van der Waals surface area contributed by atoms with Crippen LogP contribution in [0.4, 0.5) is 0 Å². The molecule has 1 atom stereocenters. The summed E-state index contributed by atoms with van der Waals surface area (Å²) in [5, 5.41) is 12.8. The molecule has 9 nitrogen and oxygen atoms in total. The Hall–Kier alpha value is -2.44. The molecule has 0 spiro atoms. The molecule has 3 aromatic rings. The van der Waals surface area contributed by atoms with Gasteiger partial charge in [-0.05, 0) is 36.8 Å². The molecule has 0 saturated carbocycles. The average Bonchev–Trinajstić information content (AvgIpc) is 3.32. The van der Waals surface area contributed by atoms with E-state index in [0.29, 0.717) is 47.8 Å². The van der Waals surface area contributed by atoms with E-state index in [-0.39, 0.29) is 22.6 Å². The molecular formula is C25H32ClN5O4S2. The molecular weight excluding hydrogens is 534 g/mol. The molecule has 1 N–H and O–H groups in total. The van der Waals surface area contributed by atoms with Crippen LogP contribution in [0.25, 0.3) is 11.4 Å². The second-order valence-electron chi connectivity index (χ2n) is 8.29. The Kier molecular flexibility index (Phi) is 10.5. The number of thioether (sulfide) groups is 1. The van der Waals surface area contributed by atoms with Gasteiger partial charge in [0.2, 0.25) is 15.9 Å². The predicted molar refractivity (Wildman–Crippen MR) is 146 cm³/mol. The molecule has 0 aliphatic carbocycles. The molecule has 0 fully saturated rings. The molecule has 1 amide bonds. The largest absolute Gasteiger partial charge is 0.383 e. The van der Waals surface area contributed by atoms with Crippen molar-refractivity contribution in [2.45, 2.75) is 43.4 Å². The molecule has 200 valence electrons. The van der Waals surface area contributed by atoms with Gasteiger partial charge >= 0.3 is 0 Å². The van der Waals surface area contributed by atoms with Crippen LogP contribution in [0.2, 0.25) is 5.02 Å². The molecule has 37 heavy (non-hydrogen) atoms. The first kappa shape index (κ1) is 29.1. The standard InChI is InChI=1S/C25H32ClN5O4S2/c1-5-30(6-2)37(33,34)22-9-7-8-20(14-22)24-28-29-25(31(24)18(3)16-35-4)36-17-23(32)27-15-19-10-12-21(26)13-11-19/h7-14,18H,5-6,15-17H2,1-4H3,(H,27,32)/t18-/m0/s1. The van der Waals surface area contributed by atoms with Gasteiger partial charge in [0.05, 0.1) is 23.3 Å². The fraction of sp³-hybridized carbons (Fsp3) is 0.400. The Labute approximate surface area is 227 Å². The Balaban J connectivity index is 1.82. The summed E-state index contributed by atoms with van der Waals surface area (Å²) in [4.78, 5) is 12.7. The predicted octanol–water partition coefficient (Wildman–Crippen LogP) is 4.24. The van der Waals surface area contributed by atoms with Crippen molar-refractivity contribution in [3.63, 3.8) is 0 Å². The number of nitrogens with zero attached hydrogens (tertiary/aromatic N) is 4. The van der Waals surface area contributed by atoms with Gasteiger partial charge in [0, 0.05) is 37.3 Å². The summed E-state index contributed by atoms with van der Waals surface area (Å²) in [6.07, 6.45) is 0. The maximum atomic E-state index is 13.1. The lowest BCUT2D eigenvalue weighted by Crippen LogP contribution is -2.30. The number of rotatable bonds is 13. The normalized spacial score (nSPS) is 12.6. The van der Waals surface area contributed by atoms with Crippen LogP contribution in [0.3, 0.4) is 0 Å². The number of nitrogens with one attached hydrogen (secondary N) is 1. The third kappa shape index (κ3) is 7.32. The zero-order valence-corrected chi connectivity index (χ0v) is 23.7. The third-order valence-corrected chi connectivity index (χ3v) is 8.92. The zero-order valence-electron chi connectivity index (χ0n) is 21.3. The van der Waals surface area contributed by atoms with Crippen LogP contribution >= 0.6 is 23.4 Å². The number of amides is 1. The van der Waals surface area contributed by atoms with Crippen LogP contribution in [-0.4, -0.2) is 66.0 Å². The van der Waals surface area contributed by atoms with Crippen molar-refractivity contribution in [2.75, 3.05) is 32.6 Å². The van der Waals surface area contributed by atoms with E-state index >= 15 is 0 Å². The monoisotopic (exact) mass is 565 g/mol. The first-order chi connectivity index (χ1) is 17.7. The number of aromatic nitrogens is 3. The van der Waals surface area contributed by atoms with Gasteiger partial charge in [-0.2, -0.15) is 4.31 Å². The molecule has 2 aromatic carbocycles. The van der Waals surface area contributed by atoms with Gasteiger partial charge in [0.15, 0.2) is 11.0 Å². The summed E-state index contributed by atoms with van der Waals surface area (Å²) in [7, 11) is -2.03. The number of carbonyl (C=O) groups is 1. The third-order valence-electron chi connectivity index (χ3n) is 5.68. The summed E-state index contributed by atoms with van der Waals surface area (Å²) >= 11 is 7.17. The lowest BCUT2D eigenvalue weighted by atomic mass is 10.2. The second kappa shape index (κ2) is 13.4. The molecule has 0 radical (unpaired) electrons. The molecule has 0 bridgehead atoms. The van der Waals surface area contributed by atoms with E-state index in [2.05, 4.69) is 15.5 Å². The van der Waals surface area contributed by atoms with Crippen LogP contribution < -0.4 is 5.32 Å². The minimum absolute atomic E-state index is 0.141. The SMILES string of the molecule is CCN(CC)S(=O)(=O)c1cccc(-c2nnc(SCC(=O)NCc3ccc(Cl)cc3)n2[C@@H](C)COC)c1. The van der Waals surface area contributed by atoms with Gasteiger partial charge in [-0.1, -0.05) is 61.5 Å². The quantitative estimate of drug-likeness (QED) is 0.309. The van der Waals surface area contributed by atoms with Crippen LogP contribution in [0, 0.1) is 0 Å². The second-order valence-corrected chi connectivity index (χ2v) is 11.6. The van der Waals surface area contributed by atoms with E-state index in [0.717, 1.165) is 5.56 Å². The van der Waals surface area contributed by atoms with Gasteiger partial charge in [-0.25, -0.2) is 8.42 Å². The van der Waals surface area contributed by atoms with Gasteiger partial charge in [-0.15, -0.1) is 10.2 Å². The number of sulfonamides is 1. The maximum absolute atomic E-state index is 13.1. The van der Waals surface area contributed by atoms with Gasteiger partial charge in [0.1, 0.15) is 0 Å². The van der Waals surface area contributed by atoms with Crippen molar-refractivity contribution in [1.82, 2.24) is 24.4 Å². The van der Waals surface area contributed by atoms with E-state index in [1.54, 1.807) is 43.5 Å². The number of carbonyl (C=O) groups excluding carboxylic acids is 1. The summed E-state index contributed by atoms with van der Waals surface area (Å²) < 4.78 is 34.8. The van der Waals surface area contributed by atoms with Crippen LogP contribution in [-0.2, 0) is 26.1 Å². The highest BCUT2D eigenvalue weighted by Crippen LogP contribution is 2.30. The summed E-state index contributed by atoms with van der Waals surface area (Å²) in [6, 6.07) is 13.8. The van der Waals surface area contributed by atoms with E-state index in [9.17, 15) is 13.2 Å².